The number of carbonyl (C=O) groups is 1. The Hall–Kier alpha value is -1.56. The molecule has 0 aliphatic carbocycles. The van der Waals surface area contributed by atoms with Crippen LogP contribution in [0.2, 0.25) is 0 Å². The molecule has 2 rings (SSSR count). The first-order valence-corrected chi connectivity index (χ1v) is 10.0. The average molecular weight is 338 g/mol. The molecule has 0 N–H and O–H groups in total. The van der Waals surface area contributed by atoms with Crippen LogP contribution in [0.1, 0.15) is 38.2 Å². The van der Waals surface area contributed by atoms with Gasteiger partial charge in [-0.15, -0.1) is 0 Å². The van der Waals surface area contributed by atoms with Gasteiger partial charge in [0.15, 0.2) is 0 Å². The first-order chi connectivity index (χ1) is 10.8. The van der Waals surface area contributed by atoms with Gasteiger partial charge < -0.3 is 4.90 Å². The number of likely N-dealkylation sites (tertiary alicyclic amines) is 1. The standard InChI is InChI=1S/C17H26N2O3S/c1-4-15-10-7-8-12-18(15)17(20)13-19(23(3,21)22)16-11-6-5-9-14(16)2/h5-6,9,11,15H,4,7-8,10,12-13H2,1-3H3. The van der Waals surface area contributed by atoms with Crippen LogP contribution in [0.5, 0.6) is 0 Å². The summed E-state index contributed by atoms with van der Waals surface area (Å²) in [6, 6.07) is 7.49. The highest BCUT2D eigenvalue weighted by Crippen LogP contribution is 2.24. The number of hydrogen-bond acceptors (Lipinski definition) is 3. The summed E-state index contributed by atoms with van der Waals surface area (Å²) >= 11 is 0. The Labute approximate surface area is 139 Å². The molecule has 1 heterocycles. The van der Waals surface area contributed by atoms with E-state index in [0.717, 1.165) is 44.0 Å². The van der Waals surface area contributed by atoms with Crippen molar-refractivity contribution in [3.63, 3.8) is 0 Å². The number of anilines is 1. The summed E-state index contributed by atoms with van der Waals surface area (Å²) < 4.78 is 25.6. The summed E-state index contributed by atoms with van der Waals surface area (Å²) in [7, 11) is -3.51. The Morgan fingerprint density at radius 2 is 2.00 bits per heavy atom. The van der Waals surface area contributed by atoms with Gasteiger partial charge in [-0.2, -0.15) is 0 Å². The van der Waals surface area contributed by atoms with Crippen LogP contribution < -0.4 is 4.31 Å². The number of para-hydroxylation sites is 1. The molecule has 23 heavy (non-hydrogen) atoms. The van der Waals surface area contributed by atoms with Crippen LogP contribution in [0.4, 0.5) is 5.69 Å². The molecule has 0 bridgehead atoms. The van der Waals surface area contributed by atoms with E-state index < -0.39 is 10.0 Å². The van der Waals surface area contributed by atoms with Gasteiger partial charge in [-0.05, 0) is 44.2 Å². The van der Waals surface area contributed by atoms with E-state index in [1.807, 2.05) is 24.0 Å². The minimum atomic E-state index is -3.51. The molecule has 1 aliphatic heterocycles. The van der Waals surface area contributed by atoms with Crippen LogP contribution in [0.25, 0.3) is 0 Å². The van der Waals surface area contributed by atoms with E-state index in [9.17, 15) is 13.2 Å². The first-order valence-electron chi connectivity index (χ1n) is 8.17. The van der Waals surface area contributed by atoms with Crippen LogP contribution >= 0.6 is 0 Å². The van der Waals surface area contributed by atoms with E-state index in [1.165, 1.54) is 4.31 Å². The van der Waals surface area contributed by atoms with E-state index in [0.29, 0.717) is 5.69 Å². The summed E-state index contributed by atoms with van der Waals surface area (Å²) in [5, 5.41) is 0. The Morgan fingerprint density at radius 1 is 1.30 bits per heavy atom. The molecule has 1 aromatic rings. The van der Waals surface area contributed by atoms with Gasteiger partial charge in [-0.3, -0.25) is 9.10 Å². The molecule has 0 radical (unpaired) electrons. The second kappa shape index (κ2) is 7.34. The number of hydrogen-bond donors (Lipinski definition) is 0. The molecular weight excluding hydrogens is 312 g/mol. The minimum Gasteiger partial charge on any atom is -0.338 e. The molecule has 6 heteroatoms. The highest BCUT2D eigenvalue weighted by atomic mass is 32.2. The van der Waals surface area contributed by atoms with Gasteiger partial charge in [0.05, 0.1) is 11.9 Å². The van der Waals surface area contributed by atoms with E-state index in [2.05, 4.69) is 6.92 Å². The van der Waals surface area contributed by atoms with Crippen molar-refractivity contribution in [1.29, 1.82) is 0 Å². The van der Waals surface area contributed by atoms with E-state index in [4.69, 9.17) is 0 Å². The summed E-state index contributed by atoms with van der Waals surface area (Å²) in [5.74, 6) is -0.106. The molecule has 1 atom stereocenters. The Balaban J connectivity index is 2.25. The van der Waals surface area contributed by atoms with Crippen molar-refractivity contribution >= 4 is 21.6 Å². The van der Waals surface area contributed by atoms with Crippen LogP contribution in [0, 0.1) is 6.92 Å². The van der Waals surface area contributed by atoms with Gasteiger partial charge in [-0.1, -0.05) is 25.1 Å². The summed E-state index contributed by atoms with van der Waals surface area (Å²) in [6.07, 6.45) is 5.20. The molecule has 1 unspecified atom stereocenters. The third-order valence-corrected chi connectivity index (χ3v) is 5.61. The molecule has 0 aromatic heterocycles. The zero-order valence-electron chi connectivity index (χ0n) is 14.2. The van der Waals surface area contributed by atoms with Crippen molar-refractivity contribution in [3.05, 3.63) is 29.8 Å². The smallest absolute Gasteiger partial charge is 0.243 e. The van der Waals surface area contributed by atoms with Gasteiger partial charge in [-0.25, -0.2) is 8.42 Å². The third-order valence-electron chi connectivity index (χ3n) is 4.48. The van der Waals surface area contributed by atoms with Crippen LogP contribution in [0.15, 0.2) is 24.3 Å². The molecule has 1 aliphatic rings. The lowest BCUT2D eigenvalue weighted by Crippen LogP contribution is -2.49. The lowest BCUT2D eigenvalue weighted by molar-refractivity contribution is -0.133. The predicted octanol–water partition coefficient (Wildman–Crippen LogP) is 2.55. The molecule has 1 fully saturated rings. The quantitative estimate of drug-likeness (QED) is 0.829. The number of benzene rings is 1. The molecule has 0 saturated carbocycles. The molecule has 5 nitrogen and oxygen atoms in total. The first kappa shape index (κ1) is 17.8. The van der Waals surface area contributed by atoms with Crippen molar-refractivity contribution in [1.82, 2.24) is 4.90 Å². The summed E-state index contributed by atoms with van der Waals surface area (Å²) in [5.41, 5.74) is 1.42. The van der Waals surface area contributed by atoms with Gasteiger partial charge in [0.1, 0.15) is 6.54 Å². The number of nitrogens with zero attached hydrogens (tertiary/aromatic N) is 2. The number of aryl methyl sites for hydroxylation is 1. The highest BCUT2D eigenvalue weighted by Gasteiger charge is 2.29. The SMILES string of the molecule is CCC1CCCCN1C(=O)CN(c1ccccc1C)S(C)(=O)=O. The maximum Gasteiger partial charge on any atom is 0.243 e. The van der Waals surface area contributed by atoms with Crippen molar-refractivity contribution < 1.29 is 13.2 Å². The molecule has 1 saturated heterocycles. The van der Waals surface area contributed by atoms with Crippen LogP contribution in [0.3, 0.4) is 0 Å². The number of carbonyl (C=O) groups excluding carboxylic acids is 1. The predicted molar refractivity (Wildman–Crippen MR) is 93.0 cm³/mol. The van der Waals surface area contributed by atoms with Gasteiger partial charge >= 0.3 is 0 Å². The lowest BCUT2D eigenvalue weighted by atomic mass is 10.00. The van der Waals surface area contributed by atoms with E-state index in [-0.39, 0.29) is 18.5 Å². The van der Waals surface area contributed by atoms with Crippen molar-refractivity contribution in [2.75, 3.05) is 23.7 Å². The largest absolute Gasteiger partial charge is 0.338 e. The highest BCUT2D eigenvalue weighted by molar-refractivity contribution is 7.92. The number of piperidine rings is 1. The van der Waals surface area contributed by atoms with Crippen molar-refractivity contribution in [3.8, 4) is 0 Å². The second-order valence-electron chi connectivity index (χ2n) is 6.20. The Kier molecular flexibility index (Phi) is 5.68. The van der Waals surface area contributed by atoms with E-state index >= 15 is 0 Å². The van der Waals surface area contributed by atoms with Gasteiger partial charge in [0.25, 0.3) is 0 Å². The lowest BCUT2D eigenvalue weighted by Gasteiger charge is -2.36. The monoisotopic (exact) mass is 338 g/mol. The molecule has 0 spiro atoms. The fraction of sp³-hybridized carbons (Fsp3) is 0.588. The Morgan fingerprint density at radius 3 is 2.61 bits per heavy atom. The maximum atomic E-state index is 12.7. The van der Waals surface area contributed by atoms with Gasteiger partial charge in [0, 0.05) is 12.6 Å². The van der Waals surface area contributed by atoms with Crippen LogP contribution in [-0.4, -0.2) is 44.6 Å². The molecule has 1 aromatic carbocycles. The van der Waals surface area contributed by atoms with Crippen molar-refractivity contribution in [2.24, 2.45) is 0 Å². The summed E-state index contributed by atoms with van der Waals surface area (Å²) in [6.45, 7) is 4.53. The molecular formula is C17H26N2O3S. The average Bonchev–Trinajstić information content (AvgIpc) is 2.52. The second-order valence-corrected chi connectivity index (χ2v) is 8.11. The number of amides is 1. The topological polar surface area (TPSA) is 57.7 Å². The van der Waals surface area contributed by atoms with Crippen molar-refractivity contribution in [2.45, 2.75) is 45.6 Å². The molecule has 128 valence electrons. The fourth-order valence-corrected chi connectivity index (χ4v) is 4.10. The van der Waals surface area contributed by atoms with E-state index in [1.54, 1.807) is 12.1 Å². The van der Waals surface area contributed by atoms with Crippen LogP contribution in [-0.2, 0) is 14.8 Å². The zero-order chi connectivity index (χ0) is 17.0. The normalized spacial score (nSPS) is 18.7. The maximum absolute atomic E-state index is 12.7. The number of rotatable bonds is 5. The van der Waals surface area contributed by atoms with Gasteiger partial charge in [0.2, 0.25) is 15.9 Å². The number of sulfonamides is 1. The summed E-state index contributed by atoms with van der Waals surface area (Å²) in [4.78, 5) is 14.6. The third kappa shape index (κ3) is 4.25. The minimum absolute atomic E-state index is 0.106. The zero-order valence-corrected chi connectivity index (χ0v) is 15.0. The fourth-order valence-electron chi connectivity index (χ4n) is 3.19. The molecule has 1 amide bonds. The Bertz CT molecular complexity index is 658.